The molecule has 0 N–H and O–H groups in total. The lowest BCUT2D eigenvalue weighted by molar-refractivity contribution is 0.0444. The van der Waals surface area contributed by atoms with E-state index in [4.69, 9.17) is 4.74 Å². The van der Waals surface area contributed by atoms with E-state index >= 15 is 0 Å². The van der Waals surface area contributed by atoms with Crippen molar-refractivity contribution in [1.29, 1.82) is 0 Å². The largest absolute Gasteiger partial charge is 0.376 e. The maximum Gasteiger partial charge on any atom is 0.254 e. The summed E-state index contributed by atoms with van der Waals surface area (Å²) in [6, 6.07) is 14.6. The molecule has 0 radical (unpaired) electrons. The number of hydrogen-bond acceptors (Lipinski definition) is 3. The molecule has 0 spiro atoms. The van der Waals surface area contributed by atoms with E-state index in [1.165, 1.54) is 23.3 Å². The monoisotopic (exact) mass is 424 g/mol. The predicted octanol–water partition coefficient (Wildman–Crippen LogP) is 4.67. The van der Waals surface area contributed by atoms with Gasteiger partial charge in [0.2, 0.25) is 0 Å². The van der Waals surface area contributed by atoms with Crippen LogP contribution in [0.3, 0.4) is 0 Å². The third-order valence-electron chi connectivity index (χ3n) is 6.65. The van der Waals surface area contributed by atoms with E-state index in [1.807, 2.05) is 4.90 Å². The summed E-state index contributed by atoms with van der Waals surface area (Å²) in [4.78, 5) is 17.6. The van der Waals surface area contributed by atoms with E-state index in [1.54, 1.807) is 12.1 Å². The SMILES string of the molecule is Cc1ccccc1CN1CCC(CN(C[C@H]2CCCO2)C(=O)c2cccc(F)c2)CC1. The normalized spacial score (nSPS) is 20.1. The van der Waals surface area contributed by atoms with Crippen LogP contribution in [0.5, 0.6) is 0 Å². The van der Waals surface area contributed by atoms with Gasteiger partial charge in [-0.05, 0) is 80.9 Å². The summed E-state index contributed by atoms with van der Waals surface area (Å²) in [5.41, 5.74) is 3.16. The maximum atomic E-state index is 13.7. The molecule has 2 fully saturated rings. The number of amides is 1. The molecule has 166 valence electrons. The molecule has 1 amide bonds. The molecule has 2 aromatic rings. The predicted molar refractivity (Wildman–Crippen MR) is 120 cm³/mol. The fourth-order valence-corrected chi connectivity index (χ4v) is 4.75. The number of hydrogen-bond donors (Lipinski definition) is 0. The van der Waals surface area contributed by atoms with Crippen molar-refractivity contribution in [2.45, 2.75) is 45.3 Å². The fraction of sp³-hybridized carbons (Fsp3) is 0.500. The highest BCUT2D eigenvalue weighted by atomic mass is 19.1. The summed E-state index contributed by atoms with van der Waals surface area (Å²) in [6.07, 6.45) is 4.28. The highest BCUT2D eigenvalue weighted by molar-refractivity contribution is 5.94. The van der Waals surface area contributed by atoms with Crippen molar-refractivity contribution in [3.8, 4) is 0 Å². The molecule has 2 aliphatic rings. The van der Waals surface area contributed by atoms with Crippen LogP contribution in [0.2, 0.25) is 0 Å². The highest BCUT2D eigenvalue weighted by Crippen LogP contribution is 2.23. The Balaban J connectivity index is 1.36. The van der Waals surface area contributed by atoms with Gasteiger partial charge in [-0.1, -0.05) is 30.3 Å². The van der Waals surface area contributed by atoms with Gasteiger partial charge in [-0.3, -0.25) is 9.69 Å². The van der Waals surface area contributed by atoms with E-state index < -0.39 is 0 Å². The number of ether oxygens (including phenoxy) is 1. The van der Waals surface area contributed by atoms with Crippen LogP contribution in [0.15, 0.2) is 48.5 Å². The van der Waals surface area contributed by atoms with Crippen LogP contribution in [-0.2, 0) is 11.3 Å². The fourth-order valence-electron chi connectivity index (χ4n) is 4.75. The Bertz CT molecular complexity index is 873. The van der Waals surface area contributed by atoms with Gasteiger partial charge in [-0.2, -0.15) is 0 Å². The van der Waals surface area contributed by atoms with Crippen LogP contribution in [0.4, 0.5) is 4.39 Å². The molecule has 1 atom stereocenters. The van der Waals surface area contributed by atoms with Crippen molar-refractivity contribution in [3.63, 3.8) is 0 Å². The molecule has 4 rings (SSSR count). The Morgan fingerprint density at radius 2 is 1.90 bits per heavy atom. The van der Waals surface area contributed by atoms with Gasteiger partial charge in [0.25, 0.3) is 5.91 Å². The van der Waals surface area contributed by atoms with Gasteiger partial charge in [-0.15, -0.1) is 0 Å². The molecule has 4 nitrogen and oxygen atoms in total. The molecule has 0 unspecified atom stereocenters. The molecule has 31 heavy (non-hydrogen) atoms. The number of benzene rings is 2. The van der Waals surface area contributed by atoms with Gasteiger partial charge in [-0.25, -0.2) is 4.39 Å². The standard InChI is InChI=1S/C26H33FN2O2/c1-20-6-2-3-7-23(20)18-28-13-11-21(12-14-28)17-29(19-25-10-5-15-31-25)26(30)22-8-4-9-24(27)16-22/h2-4,6-9,16,21,25H,5,10-15,17-19H2,1H3/t25-/m1/s1. The lowest BCUT2D eigenvalue weighted by Gasteiger charge is -2.36. The minimum atomic E-state index is -0.368. The number of aryl methyl sites for hydroxylation is 1. The van der Waals surface area contributed by atoms with Crippen molar-refractivity contribution in [1.82, 2.24) is 9.80 Å². The smallest absolute Gasteiger partial charge is 0.254 e. The highest BCUT2D eigenvalue weighted by Gasteiger charge is 2.28. The first kappa shape index (κ1) is 22.0. The molecule has 2 aromatic carbocycles. The Morgan fingerprint density at radius 1 is 1.10 bits per heavy atom. The van der Waals surface area contributed by atoms with E-state index in [9.17, 15) is 9.18 Å². The number of likely N-dealkylation sites (tertiary alicyclic amines) is 1. The molecule has 0 aliphatic carbocycles. The molecule has 0 aromatic heterocycles. The zero-order valence-corrected chi connectivity index (χ0v) is 18.4. The molecule has 2 saturated heterocycles. The van der Waals surface area contributed by atoms with Crippen LogP contribution >= 0.6 is 0 Å². The van der Waals surface area contributed by atoms with Gasteiger partial charge < -0.3 is 9.64 Å². The van der Waals surface area contributed by atoms with Crippen LogP contribution < -0.4 is 0 Å². The van der Waals surface area contributed by atoms with Crippen LogP contribution in [0, 0.1) is 18.7 Å². The second-order valence-electron chi connectivity index (χ2n) is 9.00. The van der Waals surface area contributed by atoms with Crippen LogP contribution in [0.25, 0.3) is 0 Å². The van der Waals surface area contributed by atoms with Gasteiger partial charge in [0.05, 0.1) is 6.10 Å². The van der Waals surface area contributed by atoms with Crippen LogP contribution in [-0.4, -0.2) is 54.6 Å². The third-order valence-corrected chi connectivity index (χ3v) is 6.65. The summed E-state index contributed by atoms with van der Waals surface area (Å²) in [6.45, 7) is 7.32. The summed E-state index contributed by atoms with van der Waals surface area (Å²) in [5.74, 6) is 0.0109. The molecular weight excluding hydrogens is 391 g/mol. The molecule has 5 heteroatoms. The Labute approximate surface area is 185 Å². The summed E-state index contributed by atoms with van der Waals surface area (Å²) in [5, 5.41) is 0. The lowest BCUT2D eigenvalue weighted by atomic mass is 9.95. The number of nitrogens with zero attached hydrogens (tertiary/aromatic N) is 2. The van der Waals surface area contributed by atoms with Gasteiger partial charge in [0.1, 0.15) is 5.82 Å². The molecular formula is C26H33FN2O2. The van der Waals surface area contributed by atoms with Crippen LogP contribution in [0.1, 0.15) is 47.2 Å². The minimum Gasteiger partial charge on any atom is -0.376 e. The van der Waals surface area contributed by atoms with Crippen molar-refractivity contribution in [3.05, 3.63) is 71.0 Å². The van der Waals surface area contributed by atoms with E-state index in [0.29, 0.717) is 24.6 Å². The number of carbonyl (C=O) groups is 1. The van der Waals surface area contributed by atoms with Crippen molar-refractivity contribution in [2.75, 3.05) is 32.8 Å². The zero-order valence-electron chi connectivity index (χ0n) is 18.4. The number of carbonyl (C=O) groups excluding carboxylic acids is 1. The number of piperidine rings is 1. The average molecular weight is 425 g/mol. The van der Waals surface area contributed by atoms with Crippen molar-refractivity contribution >= 4 is 5.91 Å². The van der Waals surface area contributed by atoms with E-state index in [-0.39, 0.29) is 17.8 Å². The Hall–Kier alpha value is -2.24. The Morgan fingerprint density at radius 3 is 2.61 bits per heavy atom. The summed E-state index contributed by atoms with van der Waals surface area (Å²) in [7, 11) is 0. The number of rotatable bonds is 7. The zero-order chi connectivity index (χ0) is 21.6. The number of halogens is 1. The Kier molecular flexibility index (Phi) is 7.36. The first-order chi connectivity index (χ1) is 15.1. The minimum absolute atomic E-state index is 0.0858. The second-order valence-corrected chi connectivity index (χ2v) is 9.00. The quantitative estimate of drug-likeness (QED) is 0.648. The third kappa shape index (κ3) is 5.92. The first-order valence-electron chi connectivity index (χ1n) is 11.5. The topological polar surface area (TPSA) is 32.8 Å². The van der Waals surface area contributed by atoms with E-state index in [2.05, 4.69) is 36.1 Å². The average Bonchev–Trinajstić information content (AvgIpc) is 3.29. The first-order valence-corrected chi connectivity index (χ1v) is 11.5. The maximum absolute atomic E-state index is 13.7. The van der Waals surface area contributed by atoms with Gasteiger partial charge in [0.15, 0.2) is 0 Å². The van der Waals surface area contributed by atoms with Gasteiger partial charge in [0, 0.05) is 31.8 Å². The molecule has 0 saturated carbocycles. The lowest BCUT2D eigenvalue weighted by Crippen LogP contribution is -2.43. The molecule has 2 aliphatic heterocycles. The second kappa shape index (κ2) is 10.4. The van der Waals surface area contributed by atoms with Crippen molar-refractivity contribution < 1.29 is 13.9 Å². The summed E-state index contributed by atoms with van der Waals surface area (Å²) < 4.78 is 19.5. The molecule has 2 heterocycles. The molecule has 0 bridgehead atoms. The van der Waals surface area contributed by atoms with Gasteiger partial charge >= 0.3 is 0 Å². The van der Waals surface area contributed by atoms with Crippen molar-refractivity contribution in [2.24, 2.45) is 5.92 Å². The summed E-state index contributed by atoms with van der Waals surface area (Å²) >= 11 is 0. The van der Waals surface area contributed by atoms with E-state index in [0.717, 1.165) is 51.9 Å².